The zero-order valence-corrected chi connectivity index (χ0v) is 7.11. The number of halogens is 1. The molecule has 2 atom stereocenters. The first kappa shape index (κ1) is 8.48. The van der Waals surface area contributed by atoms with Crippen molar-refractivity contribution in [2.75, 3.05) is 6.54 Å². The van der Waals surface area contributed by atoms with Crippen LogP contribution < -0.4 is 5.32 Å². The van der Waals surface area contributed by atoms with Crippen molar-refractivity contribution in [2.45, 2.75) is 12.1 Å². The van der Waals surface area contributed by atoms with E-state index in [2.05, 4.69) is 21.2 Å². The molecule has 5 nitrogen and oxygen atoms in total. The van der Waals surface area contributed by atoms with Gasteiger partial charge in [0.25, 0.3) is 6.04 Å². The van der Waals surface area contributed by atoms with E-state index in [1.54, 1.807) is 0 Å². The number of hydrogen-bond acceptors (Lipinski definition) is 4. The van der Waals surface area contributed by atoms with Crippen molar-refractivity contribution in [1.29, 1.82) is 0 Å². The van der Waals surface area contributed by atoms with E-state index >= 15 is 0 Å². The molecule has 0 aromatic rings. The fraction of sp³-hybridized carbons (Fsp3) is 0.600. The van der Waals surface area contributed by atoms with Crippen LogP contribution in [0, 0.1) is 10.1 Å². The lowest BCUT2D eigenvalue weighted by molar-refractivity contribution is -0.530. The first-order valence-electron chi connectivity index (χ1n) is 3.03. The number of nitrogens with zero attached hydrogens (tertiary/aromatic N) is 1. The van der Waals surface area contributed by atoms with Crippen LogP contribution in [0.15, 0.2) is 10.7 Å². The number of nitro groups is 1. The highest BCUT2D eigenvalue weighted by molar-refractivity contribution is 9.11. The van der Waals surface area contributed by atoms with Crippen LogP contribution in [0.5, 0.6) is 0 Å². The molecule has 1 rings (SSSR count). The Bertz CT molecular complexity index is 206. The van der Waals surface area contributed by atoms with Gasteiger partial charge in [-0.1, -0.05) is 15.9 Å². The van der Waals surface area contributed by atoms with Crippen molar-refractivity contribution in [1.82, 2.24) is 5.32 Å². The van der Waals surface area contributed by atoms with Crippen molar-refractivity contribution in [2.24, 2.45) is 0 Å². The molecule has 0 radical (unpaired) electrons. The van der Waals surface area contributed by atoms with Crippen molar-refractivity contribution in [3.8, 4) is 0 Å². The molecule has 0 amide bonds. The van der Waals surface area contributed by atoms with Gasteiger partial charge in [0.2, 0.25) is 0 Å². The summed E-state index contributed by atoms with van der Waals surface area (Å²) in [5.41, 5.74) is 0. The standard InChI is InChI=1S/C5H7BrN2O3/c6-3-1-7-2-4(5(3)9)8(10)11/h1,4-5,7,9H,2H2/t4-,5+/m0/s1. The van der Waals surface area contributed by atoms with Crippen LogP contribution in [0.2, 0.25) is 0 Å². The molecule has 62 valence electrons. The van der Waals surface area contributed by atoms with Gasteiger partial charge in [-0.25, -0.2) is 0 Å². The second-order valence-corrected chi connectivity index (χ2v) is 3.15. The predicted molar refractivity (Wildman–Crippen MR) is 41.8 cm³/mol. The SMILES string of the molecule is O=[N+]([O-])[C@H]1CNC=C(Br)[C@H]1O. The molecule has 0 aromatic carbocycles. The summed E-state index contributed by atoms with van der Waals surface area (Å²) in [7, 11) is 0. The van der Waals surface area contributed by atoms with Gasteiger partial charge in [-0.2, -0.15) is 0 Å². The van der Waals surface area contributed by atoms with Crippen LogP contribution in [0.4, 0.5) is 0 Å². The van der Waals surface area contributed by atoms with Gasteiger partial charge < -0.3 is 10.4 Å². The third-order valence-corrected chi connectivity index (χ3v) is 2.18. The van der Waals surface area contributed by atoms with Gasteiger partial charge in [0.1, 0.15) is 0 Å². The monoisotopic (exact) mass is 222 g/mol. The van der Waals surface area contributed by atoms with Crippen LogP contribution >= 0.6 is 15.9 Å². The van der Waals surface area contributed by atoms with Crippen LogP contribution in [-0.4, -0.2) is 28.7 Å². The molecule has 1 aliphatic heterocycles. The summed E-state index contributed by atoms with van der Waals surface area (Å²) in [6, 6.07) is -0.950. The zero-order valence-electron chi connectivity index (χ0n) is 5.53. The molecule has 1 aliphatic rings. The van der Waals surface area contributed by atoms with Crippen molar-refractivity contribution in [3.63, 3.8) is 0 Å². The summed E-state index contributed by atoms with van der Waals surface area (Å²) in [6.07, 6.45) is 0.497. The van der Waals surface area contributed by atoms with E-state index in [9.17, 15) is 15.2 Å². The zero-order chi connectivity index (χ0) is 8.43. The molecule has 0 unspecified atom stereocenters. The lowest BCUT2D eigenvalue weighted by Crippen LogP contribution is -2.44. The fourth-order valence-corrected chi connectivity index (χ4v) is 1.31. The highest BCUT2D eigenvalue weighted by Gasteiger charge is 2.33. The van der Waals surface area contributed by atoms with Crippen LogP contribution in [0.1, 0.15) is 0 Å². The van der Waals surface area contributed by atoms with Gasteiger partial charge in [0.05, 0.1) is 6.54 Å². The minimum atomic E-state index is -1.02. The average molecular weight is 223 g/mol. The largest absolute Gasteiger partial charge is 0.383 e. The summed E-state index contributed by atoms with van der Waals surface area (Å²) in [5, 5.41) is 22.2. The normalized spacial score (nSPS) is 30.5. The van der Waals surface area contributed by atoms with E-state index in [-0.39, 0.29) is 6.54 Å². The van der Waals surface area contributed by atoms with E-state index in [1.165, 1.54) is 6.20 Å². The van der Waals surface area contributed by atoms with Crippen molar-refractivity contribution >= 4 is 15.9 Å². The van der Waals surface area contributed by atoms with E-state index in [0.717, 1.165) is 0 Å². The third kappa shape index (κ3) is 1.69. The second-order valence-electron chi connectivity index (χ2n) is 2.24. The third-order valence-electron chi connectivity index (χ3n) is 1.48. The van der Waals surface area contributed by atoms with Gasteiger partial charge in [0.15, 0.2) is 6.10 Å². The maximum atomic E-state index is 10.3. The maximum Gasteiger partial charge on any atom is 0.260 e. The Balaban J connectivity index is 2.72. The smallest absolute Gasteiger partial charge is 0.260 e. The summed E-state index contributed by atoms with van der Waals surface area (Å²) < 4.78 is 0.422. The number of aliphatic hydroxyl groups is 1. The van der Waals surface area contributed by atoms with E-state index in [4.69, 9.17) is 0 Å². The van der Waals surface area contributed by atoms with Gasteiger partial charge in [-0.05, 0) is 0 Å². The molecule has 0 saturated heterocycles. The Labute approximate surface area is 71.4 Å². The lowest BCUT2D eigenvalue weighted by Gasteiger charge is -2.20. The van der Waals surface area contributed by atoms with Gasteiger partial charge in [-0.15, -0.1) is 0 Å². The van der Waals surface area contributed by atoms with E-state index in [1.807, 2.05) is 0 Å². The van der Waals surface area contributed by atoms with Gasteiger partial charge >= 0.3 is 0 Å². The first-order chi connectivity index (χ1) is 5.13. The molecule has 0 saturated carbocycles. The molecule has 1 heterocycles. The molecule has 11 heavy (non-hydrogen) atoms. The number of aliphatic hydroxyl groups excluding tert-OH is 1. The average Bonchev–Trinajstić information content (AvgIpc) is 1.94. The quantitative estimate of drug-likeness (QED) is 0.478. The van der Waals surface area contributed by atoms with Crippen LogP contribution in [-0.2, 0) is 0 Å². The second kappa shape index (κ2) is 3.19. The molecule has 2 N–H and O–H groups in total. The number of rotatable bonds is 1. The first-order valence-corrected chi connectivity index (χ1v) is 3.82. The highest BCUT2D eigenvalue weighted by Crippen LogP contribution is 2.17. The molecule has 0 aliphatic carbocycles. The predicted octanol–water partition coefficient (Wildman–Crippen LogP) is -0.168. The molecule has 0 fully saturated rings. The maximum absolute atomic E-state index is 10.3. The Morgan fingerprint density at radius 1 is 1.91 bits per heavy atom. The minimum Gasteiger partial charge on any atom is -0.383 e. The molecule has 0 spiro atoms. The summed E-state index contributed by atoms with van der Waals surface area (Å²) in [5.74, 6) is 0. The van der Waals surface area contributed by atoms with Crippen molar-refractivity contribution in [3.05, 3.63) is 20.8 Å². The molecule has 0 bridgehead atoms. The van der Waals surface area contributed by atoms with Gasteiger partial charge in [0, 0.05) is 15.6 Å². The Morgan fingerprint density at radius 2 is 2.55 bits per heavy atom. The Hall–Kier alpha value is -0.620. The van der Waals surface area contributed by atoms with Gasteiger partial charge in [-0.3, -0.25) is 10.1 Å². The molecular formula is C5H7BrN2O3. The fourth-order valence-electron chi connectivity index (χ4n) is 0.848. The minimum absolute atomic E-state index is 0.170. The van der Waals surface area contributed by atoms with Crippen LogP contribution in [0.25, 0.3) is 0 Å². The van der Waals surface area contributed by atoms with Crippen molar-refractivity contribution < 1.29 is 10.0 Å². The summed E-state index contributed by atoms with van der Waals surface area (Å²) >= 11 is 3.01. The summed E-state index contributed by atoms with van der Waals surface area (Å²) in [6.45, 7) is 0.170. The lowest BCUT2D eigenvalue weighted by atomic mass is 10.1. The molecule has 0 aromatic heterocycles. The number of nitrogens with one attached hydrogen (secondary N) is 1. The molecule has 6 heteroatoms. The highest BCUT2D eigenvalue weighted by atomic mass is 79.9. The Morgan fingerprint density at radius 3 is 3.00 bits per heavy atom. The van der Waals surface area contributed by atoms with Crippen LogP contribution in [0.3, 0.4) is 0 Å². The Kier molecular flexibility index (Phi) is 2.45. The van der Waals surface area contributed by atoms with E-state index < -0.39 is 17.1 Å². The molecular weight excluding hydrogens is 216 g/mol. The summed E-state index contributed by atoms with van der Waals surface area (Å²) in [4.78, 5) is 9.77. The topological polar surface area (TPSA) is 75.4 Å². The van der Waals surface area contributed by atoms with E-state index in [0.29, 0.717) is 4.48 Å². The number of hydrogen-bond donors (Lipinski definition) is 2.